The molecule has 0 bridgehead atoms. The molecule has 3 aromatic rings. The number of hydrogen-bond donors (Lipinski definition) is 1. The molecular formula is C19H15Cl2NO4S. The summed E-state index contributed by atoms with van der Waals surface area (Å²) in [7, 11) is -3.72. The number of anilines is 1. The molecule has 0 saturated heterocycles. The highest BCUT2D eigenvalue weighted by Gasteiger charge is 2.36. The summed E-state index contributed by atoms with van der Waals surface area (Å²) in [5.41, 5.74) is 0.562. The summed E-state index contributed by atoms with van der Waals surface area (Å²) in [6.45, 7) is -0.235. The Morgan fingerprint density at radius 2 is 1.81 bits per heavy atom. The monoisotopic (exact) mass is 423 g/mol. The summed E-state index contributed by atoms with van der Waals surface area (Å²) >= 11 is 11.9. The highest BCUT2D eigenvalue weighted by molar-refractivity contribution is 7.93. The Kier molecular flexibility index (Phi) is 4.68. The lowest BCUT2D eigenvalue weighted by Crippen LogP contribution is -2.37. The lowest BCUT2D eigenvalue weighted by Gasteiger charge is -2.22. The molecule has 1 N–H and O–H groups in total. The Morgan fingerprint density at radius 1 is 1.07 bits per heavy atom. The van der Waals surface area contributed by atoms with Crippen LogP contribution in [0.15, 0.2) is 59.5 Å². The second-order valence-electron chi connectivity index (χ2n) is 6.21. The van der Waals surface area contributed by atoms with Crippen molar-refractivity contribution in [1.29, 1.82) is 0 Å². The van der Waals surface area contributed by atoms with E-state index >= 15 is 0 Å². The van der Waals surface area contributed by atoms with Gasteiger partial charge in [-0.05, 0) is 35.7 Å². The molecule has 0 spiro atoms. The van der Waals surface area contributed by atoms with Gasteiger partial charge in [-0.1, -0.05) is 47.5 Å². The van der Waals surface area contributed by atoms with Crippen LogP contribution in [0.3, 0.4) is 0 Å². The molecule has 140 valence electrons. The van der Waals surface area contributed by atoms with Crippen molar-refractivity contribution in [2.24, 2.45) is 0 Å². The Morgan fingerprint density at radius 3 is 2.56 bits per heavy atom. The molecule has 8 heteroatoms. The Bertz CT molecular complexity index is 1130. The van der Waals surface area contributed by atoms with Crippen LogP contribution in [0, 0.1) is 0 Å². The molecule has 0 aliphatic carbocycles. The van der Waals surface area contributed by atoms with E-state index < -0.39 is 16.1 Å². The van der Waals surface area contributed by atoms with E-state index in [9.17, 15) is 13.5 Å². The highest BCUT2D eigenvalue weighted by atomic mass is 35.5. The number of aliphatic hydroxyl groups is 1. The fourth-order valence-corrected chi connectivity index (χ4v) is 5.39. The van der Waals surface area contributed by atoms with Crippen LogP contribution in [0.2, 0.25) is 10.0 Å². The number of halogens is 2. The maximum absolute atomic E-state index is 12.9. The third-order valence-electron chi connectivity index (χ3n) is 4.38. The predicted octanol–water partition coefficient (Wildman–Crippen LogP) is 4.10. The molecule has 27 heavy (non-hydrogen) atoms. The zero-order chi connectivity index (χ0) is 19.2. The van der Waals surface area contributed by atoms with Crippen molar-refractivity contribution in [3.8, 4) is 5.75 Å². The molecule has 0 aromatic heterocycles. The van der Waals surface area contributed by atoms with E-state index in [1.165, 1.54) is 10.4 Å². The van der Waals surface area contributed by atoms with Crippen molar-refractivity contribution < 1.29 is 18.3 Å². The lowest BCUT2D eigenvalue weighted by atomic mass is 10.1. The van der Waals surface area contributed by atoms with Gasteiger partial charge in [-0.3, -0.25) is 4.31 Å². The fraction of sp³-hybridized carbons (Fsp3) is 0.158. The molecule has 1 aliphatic heterocycles. The van der Waals surface area contributed by atoms with Gasteiger partial charge in [-0.2, -0.15) is 0 Å². The van der Waals surface area contributed by atoms with Crippen LogP contribution in [0.25, 0.3) is 10.8 Å². The minimum absolute atomic E-state index is 0.111. The van der Waals surface area contributed by atoms with Crippen molar-refractivity contribution >= 4 is 49.7 Å². The predicted molar refractivity (Wildman–Crippen MR) is 106 cm³/mol. The van der Waals surface area contributed by atoms with Gasteiger partial charge in [0.25, 0.3) is 10.0 Å². The molecule has 0 radical (unpaired) electrons. The second kappa shape index (κ2) is 6.87. The number of hydrogen-bond acceptors (Lipinski definition) is 4. The van der Waals surface area contributed by atoms with E-state index in [4.69, 9.17) is 27.9 Å². The van der Waals surface area contributed by atoms with Crippen LogP contribution >= 0.6 is 23.2 Å². The molecular weight excluding hydrogens is 409 g/mol. The summed E-state index contributed by atoms with van der Waals surface area (Å²) in [5, 5.41) is 12.7. The maximum atomic E-state index is 12.9. The van der Waals surface area contributed by atoms with Crippen molar-refractivity contribution in [2.45, 2.75) is 11.0 Å². The molecule has 0 unspecified atom stereocenters. The molecule has 5 nitrogen and oxygen atoms in total. The van der Waals surface area contributed by atoms with Gasteiger partial charge in [0.2, 0.25) is 0 Å². The first-order valence-electron chi connectivity index (χ1n) is 8.18. The summed E-state index contributed by atoms with van der Waals surface area (Å²) in [6.07, 6.45) is -1.05. The first kappa shape index (κ1) is 18.4. The summed E-state index contributed by atoms with van der Waals surface area (Å²) < 4.78 is 32.6. The van der Waals surface area contributed by atoms with E-state index in [0.29, 0.717) is 26.9 Å². The van der Waals surface area contributed by atoms with Crippen LogP contribution in [0.1, 0.15) is 0 Å². The summed E-state index contributed by atoms with van der Waals surface area (Å²) in [5.74, 6) is 0.370. The average Bonchev–Trinajstić information content (AvgIpc) is 2.84. The van der Waals surface area contributed by atoms with Crippen molar-refractivity contribution in [3.05, 3.63) is 64.6 Å². The number of sulfonamides is 1. The zero-order valence-electron chi connectivity index (χ0n) is 14.0. The van der Waals surface area contributed by atoms with Crippen LogP contribution in [-0.2, 0) is 10.0 Å². The third kappa shape index (κ3) is 3.23. The highest BCUT2D eigenvalue weighted by Crippen LogP contribution is 2.42. The third-order valence-corrected chi connectivity index (χ3v) is 6.74. The van der Waals surface area contributed by atoms with E-state index in [1.807, 2.05) is 12.1 Å². The van der Waals surface area contributed by atoms with Crippen LogP contribution < -0.4 is 9.04 Å². The van der Waals surface area contributed by atoms with Crippen molar-refractivity contribution in [3.63, 3.8) is 0 Å². The van der Waals surface area contributed by atoms with E-state index in [0.717, 1.165) is 5.39 Å². The zero-order valence-corrected chi connectivity index (χ0v) is 16.3. The molecule has 1 heterocycles. The fourth-order valence-electron chi connectivity index (χ4n) is 3.18. The number of aliphatic hydroxyl groups excluding tert-OH is 1. The summed E-state index contributed by atoms with van der Waals surface area (Å²) in [6, 6.07) is 15.3. The Labute approximate surface area is 166 Å². The number of β-amino-alcohol motifs (C(OH)–C–C–N with tert-alkyl or cyclic N) is 1. The van der Waals surface area contributed by atoms with Gasteiger partial charge in [-0.15, -0.1) is 0 Å². The smallest absolute Gasteiger partial charge is 0.265 e. The molecule has 0 amide bonds. The number of nitrogens with zero attached hydrogens (tertiary/aromatic N) is 1. The normalized spacial score (nSPS) is 15.9. The van der Waals surface area contributed by atoms with Crippen LogP contribution in [0.4, 0.5) is 5.69 Å². The van der Waals surface area contributed by atoms with Gasteiger partial charge in [0.15, 0.2) is 0 Å². The van der Waals surface area contributed by atoms with E-state index in [1.54, 1.807) is 36.4 Å². The summed E-state index contributed by atoms with van der Waals surface area (Å²) in [4.78, 5) is 0.254. The standard InChI is InChI=1S/C19H15Cl2NO4S/c20-13-7-8-17(15(21)9-13)26-11-14(23)10-22-16-5-1-3-12-4-2-6-18(19(12)16)27(22,24)25/h1-9,14,23H,10-11H2/t14-/m0/s1. The largest absolute Gasteiger partial charge is 0.489 e. The topological polar surface area (TPSA) is 66.8 Å². The van der Waals surface area contributed by atoms with Crippen LogP contribution in [-0.4, -0.2) is 32.8 Å². The SMILES string of the molecule is O=S1(=O)c2cccc3cccc(c23)N1C[C@H](O)COc1ccc(Cl)cc1Cl. The number of ether oxygens (including phenoxy) is 1. The van der Waals surface area contributed by atoms with Crippen LogP contribution in [0.5, 0.6) is 5.75 Å². The van der Waals surface area contributed by atoms with Crippen molar-refractivity contribution in [1.82, 2.24) is 0 Å². The first-order valence-corrected chi connectivity index (χ1v) is 10.4. The quantitative estimate of drug-likeness (QED) is 0.670. The minimum Gasteiger partial charge on any atom is -0.489 e. The molecule has 1 atom stereocenters. The average molecular weight is 424 g/mol. The number of benzene rings is 3. The molecule has 4 rings (SSSR count). The molecule has 0 fully saturated rings. The Hall–Kier alpha value is -1.99. The van der Waals surface area contributed by atoms with E-state index in [-0.39, 0.29) is 18.0 Å². The minimum atomic E-state index is -3.72. The molecule has 0 saturated carbocycles. The molecule has 1 aliphatic rings. The first-order chi connectivity index (χ1) is 12.9. The maximum Gasteiger partial charge on any atom is 0.265 e. The Balaban J connectivity index is 1.55. The second-order valence-corrected chi connectivity index (χ2v) is 8.88. The van der Waals surface area contributed by atoms with Gasteiger partial charge >= 0.3 is 0 Å². The van der Waals surface area contributed by atoms with E-state index in [2.05, 4.69) is 0 Å². The van der Waals surface area contributed by atoms with Gasteiger partial charge < -0.3 is 9.84 Å². The van der Waals surface area contributed by atoms with Crippen molar-refractivity contribution in [2.75, 3.05) is 17.5 Å². The lowest BCUT2D eigenvalue weighted by molar-refractivity contribution is 0.115. The number of rotatable bonds is 5. The van der Waals surface area contributed by atoms with Gasteiger partial charge in [-0.25, -0.2) is 8.42 Å². The molecule has 3 aromatic carbocycles. The van der Waals surface area contributed by atoms with Gasteiger partial charge in [0, 0.05) is 10.4 Å². The van der Waals surface area contributed by atoms with Gasteiger partial charge in [0.1, 0.15) is 18.5 Å². The van der Waals surface area contributed by atoms with Gasteiger partial charge in [0.05, 0.1) is 22.2 Å².